The van der Waals surface area contributed by atoms with Gasteiger partial charge in [0.15, 0.2) is 0 Å². The molecule has 6 heteroatoms. The fourth-order valence-electron chi connectivity index (χ4n) is 2.64. The number of morpholine rings is 1. The lowest BCUT2D eigenvalue weighted by Gasteiger charge is -2.24. The standard InChI is InChI=1S/C13H20N4O2/c18-13-7-11(16-4-1-2-5-16)8-15-17(13)10-12-9-14-3-6-19-12/h7-8,12,14H,1-6,9-10H2. The summed E-state index contributed by atoms with van der Waals surface area (Å²) < 4.78 is 7.09. The molecule has 1 unspecified atom stereocenters. The molecule has 3 heterocycles. The molecule has 2 saturated heterocycles. The Morgan fingerprint density at radius 1 is 1.42 bits per heavy atom. The molecule has 1 aromatic rings. The molecule has 0 saturated carbocycles. The number of hydrogen-bond acceptors (Lipinski definition) is 5. The molecule has 2 aliphatic rings. The van der Waals surface area contributed by atoms with Crippen LogP contribution in [0.3, 0.4) is 0 Å². The third-order valence-electron chi connectivity index (χ3n) is 3.71. The second-order valence-corrected chi connectivity index (χ2v) is 5.13. The van der Waals surface area contributed by atoms with Gasteiger partial charge in [0.2, 0.25) is 0 Å². The lowest BCUT2D eigenvalue weighted by Crippen LogP contribution is -2.42. The summed E-state index contributed by atoms with van der Waals surface area (Å²) in [5.41, 5.74) is 0.903. The zero-order valence-electron chi connectivity index (χ0n) is 11.0. The lowest BCUT2D eigenvalue weighted by molar-refractivity contribution is 0.0153. The molecule has 6 nitrogen and oxygen atoms in total. The van der Waals surface area contributed by atoms with Crippen LogP contribution in [0.1, 0.15) is 12.8 Å². The molecule has 1 aromatic heterocycles. The van der Waals surface area contributed by atoms with Gasteiger partial charge in [-0.25, -0.2) is 4.68 Å². The van der Waals surface area contributed by atoms with Crippen LogP contribution in [0.5, 0.6) is 0 Å². The van der Waals surface area contributed by atoms with Gasteiger partial charge in [-0.05, 0) is 12.8 Å². The minimum atomic E-state index is -0.0430. The van der Waals surface area contributed by atoms with Crippen molar-refractivity contribution >= 4 is 5.69 Å². The van der Waals surface area contributed by atoms with Gasteiger partial charge in [-0.15, -0.1) is 0 Å². The first kappa shape index (κ1) is 12.6. The van der Waals surface area contributed by atoms with Crippen molar-refractivity contribution in [3.63, 3.8) is 0 Å². The number of rotatable bonds is 3. The Bertz CT molecular complexity index is 476. The maximum atomic E-state index is 12.1. The average Bonchev–Trinajstić information content (AvgIpc) is 2.96. The summed E-state index contributed by atoms with van der Waals surface area (Å²) in [6.07, 6.45) is 4.23. The lowest BCUT2D eigenvalue weighted by atomic mass is 10.3. The summed E-state index contributed by atoms with van der Waals surface area (Å²) in [5, 5.41) is 7.53. The van der Waals surface area contributed by atoms with Crippen LogP contribution in [0.4, 0.5) is 5.69 Å². The van der Waals surface area contributed by atoms with Gasteiger partial charge >= 0.3 is 0 Å². The molecule has 2 fully saturated rings. The Balaban J connectivity index is 1.70. The van der Waals surface area contributed by atoms with Gasteiger partial charge in [0.25, 0.3) is 5.56 Å². The van der Waals surface area contributed by atoms with Crippen LogP contribution in [-0.4, -0.2) is 48.7 Å². The summed E-state index contributed by atoms with van der Waals surface area (Å²) in [7, 11) is 0. The van der Waals surface area contributed by atoms with Crippen LogP contribution in [0.25, 0.3) is 0 Å². The van der Waals surface area contributed by atoms with E-state index in [0.29, 0.717) is 13.2 Å². The van der Waals surface area contributed by atoms with E-state index in [9.17, 15) is 4.79 Å². The van der Waals surface area contributed by atoms with Crippen LogP contribution >= 0.6 is 0 Å². The van der Waals surface area contributed by atoms with Gasteiger partial charge < -0.3 is 15.0 Å². The molecule has 0 aromatic carbocycles. The van der Waals surface area contributed by atoms with E-state index in [1.807, 2.05) is 0 Å². The molecule has 0 bridgehead atoms. The molecule has 0 amide bonds. The summed E-state index contributed by atoms with van der Waals surface area (Å²) in [5.74, 6) is 0. The van der Waals surface area contributed by atoms with Crippen LogP contribution in [0.15, 0.2) is 17.1 Å². The summed E-state index contributed by atoms with van der Waals surface area (Å²) in [4.78, 5) is 14.3. The van der Waals surface area contributed by atoms with Crippen molar-refractivity contribution in [3.05, 3.63) is 22.6 Å². The van der Waals surface area contributed by atoms with E-state index in [1.165, 1.54) is 17.5 Å². The summed E-state index contributed by atoms with van der Waals surface area (Å²) in [6, 6.07) is 1.69. The zero-order chi connectivity index (χ0) is 13.1. The first-order chi connectivity index (χ1) is 9.33. The Morgan fingerprint density at radius 2 is 2.26 bits per heavy atom. The molecule has 0 radical (unpaired) electrons. The van der Waals surface area contributed by atoms with Crippen LogP contribution in [-0.2, 0) is 11.3 Å². The zero-order valence-corrected chi connectivity index (χ0v) is 11.0. The number of aromatic nitrogens is 2. The predicted molar refractivity (Wildman–Crippen MR) is 72.6 cm³/mol. The predicted octanol–water partition coefficient (Wildman–Crippen LogP) is -0.168. The van der Waals surface area contributed by atoms with Crippen molar-refractivity contribution in [1.29, 1.82) is 0 Å². The van der Waals surface area contributed by atoms with Gasteiger partial charge in [0.05, 0.1) is 31.1 Å². The average molecular weight is 264 g/mol. The first-order valence-electron chi connectivity index (χ1n) is 6.97. The Labute approximate surface area is 112 Å². The second-order valence-electron chi connectivity index (χ2n) is 5.13. The largest absolute Gasteiger partial charge is 0.374 e. The highest BCUT2D eigenvalue weighted by atomic mass is 16.5. The number of nitrogens with zero attached hydrogens (tertiary/aromatic N) is 3. The Morgan fingerprint density at radius 3 is 2.95 bits per heavy atom. The Kier molecular flexibility index (Phi) is 3.79. The summed E-state index contributed by atoms with van der Waals surface area (Å²) >= 11 is 0. The number of ether oxygens (including phenoxy) is 1. The normalized spacial score (nSPS) is 23.8. The second kappa shape index (κ2) is 5.71. The van der Waals surface area contributed by atoms with Crippen molar-refractivity contribution in [2.75, 3.05) is 37.7 Å². The highest BCUT2D eigenvalue weighted by Gasteiger charge is 2.17. The number of hydrogen-bond donors (Lipinski definition) is 1. The molecule has 3 rings (SSSR count). The van der Waals surface area contributed by atoms with E-state index in [4.69, 9.17) is 4.74 Å². The van der Waals surface area contributed by atoms with Crippen molar-refractivity contribution < 1.29 is 4.74 Å². The quantitative estimate of drug-likeness (QED) is 0.821. The maximum Gasteiger partial charge on any atom is 0.268 e. The Hall–Kier alpha value is -1.40. The van der Waals surface area contributed by atoms with Gasteiger partial charge in [-0.2, -0.15) is 5.10 Å². The molecule has 19 heavy (non-hydrogen) atoms. The smallest absolute Gasteiger partial charge is 0.268 e. The third-order valence-corrected chi connectivity index (χ3v) is 3.71. The van der Waals surface area contributed by atoms with Gasteiger partial charge in [-0.3, -0.25) is 4.79 Å². The van der Waals surface area contributed by atoms with E-state index in [2.05, 4.69) is 15.3 Å². The molecule has 0 spiro atoms. The maximum absolute atomic E-state index is 12.1. The molecule has 1 N–H and O–H groups in total. The van der Waals surface area contributed by atoms with Crippen LogP contribution in [0, 0.1) is 0 Å². The van der Waals surface area contributed by atoms with Gasteiger partial charge in [0, 0.05) is 32.2 Å². The molecular weight excluding hydrogens is 244 g/mol. The fraction of sp³-hybridized carbons (Fsp3) is 0.692. The van der Waals surface area contributed by atoms with E-state index in [1.54, 1.807) is 12.3 Å². The van der Waals surface area contributed by atoms with E-state index in [0.717, 1.165) is 31.9 Å². The van der Waals surface area contributed by atoms with Crippen molar-refractivity contribution in [3.8, 4) is 0 Å². The van der Waals surface area contributed by atoms with Crippen molar-refractivity contribution in [2.45, 2.75) is 25.5 Å². The van der Waals surface area contributed by atoms with Crippen molar-refractivity contribution in [2.24, 2.45) is 0 Å². The molecule has 0 aliphatic carbocycles. The molecular formula is C13H20N4O2. The van der Waals surface area contributed by atoms with E-state index in [-0.39, 0.29) is 11.7 Å². The first-order valence-corrected chi connectivity index (χ1v) is 6.97. The highest BCUT2D eigenvalue weighted by Crippen LogP contribution is 2.16. The van der Waals surface area contributed by atoms with Crippen LogP contribution < -0.4 is 15.8 Å². The van der Waals surface area contributed by atoms with Crippen LogP contribution in [0.2, 0.25) is 0 Å². The molecule has 2 aliphatic heterocycles. The fourth-order valence-corrected chi connectivity index (χ4v) is 2.64. The molecule has 104 valence electrons. The third kappa shape index (κ3) is 2.96. The van der Waals surface area contributed by atoms with E-state index >= 15 is 0 Å². The highest BCUT2D eigenvalue weighted by molar-refractivity contribution is 5.43. The number of nitrogens with one attached hydrogen (secondary N) is 1. The SMILES string of the molecule is O=c1cc(N2CCCC2)cnn1CC1CNCCO1. The van der Waals surface area contributed by atoms with Gasteiger partial charge in [-0.1, -0.05) is 0 Å². The molecule has 1 atom stereocenters. The van der Waals surface area contributed by atoms with Crippen molar-refractivity contribution in [1.82, 2.24) is 15.1 Å². The topological polar surface area (TPSA) is 59.4 Å². The monoisotopic (exact) mass is 264 g/mol. The minimum Gasteiger partial charge on any atom is -0.374 e. The van der Waals surface area contributed by atoms with E-state index < -0.39 is 0 Å². The minimum absolute atomic E-state index is 0.0385. The van der Waals surface area contributed by atoms with Gasteiger partial charge in [0.1, 0.15) is 0 Å². The number of anilines is 1. The summed E-state index contributed by atoms with van der Waals surface area (Å²) in [6.45, 7) is 4.94.